The van der Waals surface area contributed by atoms with Gasteiger partial charge in [0.05, 0.1) is 5.56 Å². The summed E-state index contributed by atoms with van der Waals surface area (Å²) in [7, 11) is 0. The van der Waals surface area contributed by atoms with Crippen molar-refractivity contribution in [3.05, 3.63) is 29.8 Å². The fourth-order valence-corrected chi connectivity index (χ4v) is 2.74. The van der Waals surface area contributed by atoms with Gasteiger partial charge >= 0.3 is 6.18 Å². The molecule has 0 unspecified atom stereocenters. The Hall–Kier alpha value is -2.05. The number of benzene rings is 1. The molecule has 7 heteroatoms. The molecule has 1 aromatic carbocycles. The topological polar surface area (TPSA) is 69.2 Å². The minimum atomic E-state index is -4.50. The quantitative estimate of drug-likeness (QED) is 0.930. The summed E-state index contributed by atoms with van der Waals surface area (Å²) in [6.45, 7) is 0. The minimum absolute atomic E-state index is 0.00231. The number of hydrogen-bond acceptors (Lipinski definition) is 3. The van der Waals surface area contributed by atoms with Crippen LogP contribution in [0.2, 0.25) is 0 Å². The summed E-state index contributed by atoms with van der Waals surface area (Å²) < 4.78 is 37.9. The second kappa shape index (κ2) is 6.37. The molecule has 2 rings (SSSR count). The molecule has 0 radical (unpaired) electrons. The molecule has 0 aromatic heterocycles. The van der Waals surface area contributed by atoms with E-state index in [-0.39, 0.29) is 5.69 Å². The molecule has 22 heavy (non-hydrogen) atoms. The maximum atomic E-state index is 12.6. The highest BCUT2D eigenvalue weighted by atomic mass is 19.4. The van der Waals surface area contributed by atoms with E-state index in [9.17, 15) is 27.9 Å². The first-order valence-electron chi connectivity index (χ1n) is 6.98. The zero-order chi connectivity index (χ0) is 16.3. The lowest BCUT2D eigenvalue weighted by atomic mass is 9.78. The first kappa shape index (κ1) is 16.3. The molecule has 1 amide bonds. The molecule has 1 saturated carbocycles. The Kier molecular flexibility index (Phi) is 4.73. The van der Waals surface area contributed by atoms with E-state index < -0.39 is 35.5 Å². The van der Waals surface area contributed by atoms with Crippen molar-refractivity contribution in [3.63, 3.8) is 0 Å². The molecule has 1 aromatic rings. The lowest BCUT2D eigenvalue weighted by Crippen LogP contribution is -2.42. The molecule has 0 bridgehead atoms. The van der Waals surface area contributed by atoms with E-state index in [1.165, 1.54) is 12.1 Å². The van der Waals surface area contributed by atoms with Crippen LogP contribution in [0.1, 0.15) is 31.2 Å². The molecule has 120 valence electrons. The monoisotopic (exact) mass is 314 g/mol. The van der Waals surface area contributed by atoms with Crippen molar-refractivity contribution in [2.24, 2.45) is 11.8 Å². The van der Waals surface area contributed by atoms with Crippen molar-refractivity contribution >= 4 is 17.6 Å². The van der Waals surface area contributed by atoms with E-state index in [4.69, 9.17) is 0 Å². The van der Waals surface area contributed by atoms with Crippen LogP contribution in [0.15, 0.2) is 24.3 Å². The zero-order valence-electron chi connectivity index (χ0n) is 11.7. The molecule has 1 N–H and O–H groups in total. The Morgan fingerprint density at radius 3 is 2.36 bits per heavy atom. The summed E-state index contributed by atoms with van der Waals surface area (Å²) in [5, 5.41) is 13.4. The van der Waals surface area contributed by atoms with Crippen LogP contribution < -0.4 is 10.4 Å². The van der Waals surface area contributed by atoms with Crippen LogP contribution in [0.4, 0.5) is 18.9 Å². The molecular formula is C15H15F3NO3-. The normalized spacial score (nSPS) is 22.1. The fraction of sp³-hybridized carbons (Fsp3) is 0.467. The number of halogens is 3. The van der Waals surface area contributed by atoms with E-state index in [1.807, 2.05) is 0 Å². The number of carbonyl (C=O) groups is 2. The van der Waals surface area contributed by atoms with Gasteiger partial charge in [0.25, 0.3) is 0 Å². The average molecular weight is 314 g/mol. The van der Waals surface area contributed by atoms with Crippen molar-refractivity contribution in [2.75, 3.05) is 5.32 Å². The van der Waals surface area contributed by atoms with Crippen LogP contribution in [0.5, 0.6) is 0 Å². The van der Waals surface area contributed by atoms with Gasteiger partial charge in [-0.25, -0.2) is 0 Å². The van der Waals surface area contributed by atoms with Gasteiger partial charge in [-0.15, -0.1) is 0 Å². The van der Waals surface area contributed by atoms with Gasteiger partial charge in [0.2, 0.25) is 5.91 Å². The van der Waals surface area contributed by atoms with Gasteiger partial charge in [0.1, 0.15) is 0 Å². The van der Waals surface area contributed by atoms with E-state index >= 15 is 0 Å². The first-order valence-corrected chi connectivity index (χ1v) is 6.98. The largest absolute Gasteiger partial charge is 0.550 e. The minimum Gasteiger partial charge on any atom is -0.550 e. The molecule has 2 atom stereocenters. The highest BCUT2D eigenvalue weighted by molar-refractivity contribution is 5.95. The number of carbonyl (C=O) groups excluding carboxylic acids is 2. The third kappa shape index (κ3) is 3.78. The Morgan fingerprint density at radius 2 is 1.77 bits per heavy atom. The number of hydrogen-bond donors (Lipinski definition) is 1. The van der Waals surface area contributed by atoms with Crippen LogP contribution in [-0.2, 0) is 15.8 Å². The van der Waals surface area contributed by atoms with Crippen molar-refractivity contribution in [1.82, 2.24) is 0 Å². The van der Waals surface area contributed by atoms with Crippen LogP contribution in [-0.4, -0.2) is 11.9 Å². The van der Waals surface area contributed by atoms with E-state index in [1.54, 1.807) is 0 Å². The predicted octanol–water partition coefficient (Wildman–Crippen LogP) is 2.20. The molecule has 1 aliphatic carbocycles. The Bertz CT molecular complexity index is 571. The number of anilines is 1. The molecule has 0 heterocycles. The lowest BCUT2D eigenvalue weighted by Gasteiger charge is -2.31. The van der Waals surface area contributed by atoms with E-state index in [2.05, 4.69) is 5.32 Å². The smallest absolute Gasteiger partial charge is 0.416 e. The Labute approximate surface area is 125 Å². The van der Waals surface area contributed by atoms with Crippen LogP contribution in [0, 0.1) is 11.8 Å². The van der Waals surface area contributed by atoms with Gasteiger partial charge < -0.3 is 15.2 Å². The summed E-state index contributed by atoms with van der Waals surface area (Å²) >= 11 is 0. The number of carboxylic acids is 1. The highest BCUT2D eigenvalue weighted by Crippen LogP contribution is 2.33. The van der Waals surface area contributed by atoms with Crippen molar-refractivity contribution < 1.29 is 27.9 Å². The molecule has 0 saturated heterocycles. The maximum absolute atomic E-state index is 12.6. The number of aliphatic carboxylic acids is 1. The summed E-state index contributed by atoms with van der Waals surface area (Å²) in [5.74, 6) is -3.52. The standard InChI is InChI=1S/C15H16F3NO3/c16-15(17,18)9-4-3-5-10(8-9)19-13(20)11-6-1-2-7-12(11)14(21)22/h3-5,8,11-12H,1-2,6-7H2,(H,19,20)(H,21,22)/p-1/t11-,12-/m1/s1. The van der Waals surface area contributed by atoms with Gasteiger partial charge in [-0.3, -0.25) is 4.79 Å². The van der Waals surface area contributed by atoms with Crippen molar-refractivity contribution in [2.45, 2.75) is 31.9 Å². The van der Waals surface area contributed by atoms with Gasteiger partial charge in [-0.1, -0.05) is 18.9 Å². The molecule has 4 nitrogen and oxygen atoms in total. The molecule has 1 fully saturated rings. The molecular weight excluding hydrogens is 299 g/mol. The van der Waals surface area contributed by atoms with Crippen molar-refractivity contribution in [3.8, 4) is 0 Å². The summed E-state index contributed by atoms with van der Waals surface area (Å²) in [6, 6.07) is 4.26. The maximum Gasteiger partial charge on any atom is 0.416 e. The van der Waals surface area contributed by atoms with Gasteiger partial charge in [-0.05, 0) is 31.0 Å². The van der Waals surface area contributed by atoms with Gasteiger partial charge in [0.15, 0.2) is 0 Å². The number of amides is 1. The molecule has 0 spiro atoms. The lowest BCUT2D eigenvalue weighted by molar-refractivity contribution is -0.313. The summed E-state index contributed by atoms with van der Waals surface area (Å²) in [6.07, 6.45) is -2.35. The van der Waals surface area contributed by atoms with E-state index in [0.29, 0.717) is 25.7 Å². The average Bonchev–Trinajstić information content (AvgIpc) is 2.46. The third-order valence-electron chi connectivity index (χ3n) is 3.86. The predicted molar refractivity (Wildman–Crippen MR) is 70.5 cm³/mol. The number of nitrogens with one attached hydrogen (secondary N) is 1. The first-order chi connectivity index (χ1) is 10.3. The van der Waals surface area contributed by atoms with Crippen LogP contribution >= 0.6 is 0 Å². The van der Waals surface area contributed by atoms with Gasteiger partial charge in [0, 0.05) is 23.5 Å². The molecule has 0 aliphatic heterocycles. The second-order valence-electron chi connectivity index (χ2n) is 5.38. The third-order valence-corrected chi connectivity index (χ3v) is 3.86. The number of carboxylic acid groups (broad SMARTS) is 1. The fourth-order valence-electron chi connectivity index (χ4n) is 2.74. The molecule has 1 aliphatic rings. The SMILES string of the molecule is O=C([O-])[C@@H]1CCCC[C@H]1C(=O)Nc1cccc(C(F)(F)F)c1. The number of rotatable bonds is 3. The summed E-state index contributed by atoms with van der Waals surface area (Å²) in [5.41, 5.74) is -0.868. The van der Waals surface area contributed by atoms with Crippen LogP contribution in [0.25, 0.3) is 0 Å². The van der Waals surface area contributed by atoms with Crippen LogP contribution in [0.3, 0.4) is 0 Å². The second-order valence-corrected chi connectivity index (χ2v) is 5.38. The highest BCUT2D eigenvalue weighted by Gasteiger charge is 2.33. The van der Waals surface area contributed by atoms with E-state index in [0.717, 1.165) is 12.1 Å². The number of alkyl halides is 3. The summed E-state index contributed by atoms with van der Waals surface area (Å²) in [4.78, 5) is 23.2. The Morgan fingerprint density at radius 1 is 1.14 bits per heavy atom. The van der Waals surface area contributed by atoms with Crippen molar-refractivity contribution in [1.29, 1.82) is 0 Å². The van der Waals surface area contributed by atoms with Gasteiger partial charge in [-0.2, -0.15) is 13.2 Å². The Balaban J connectivity index is 2.12. The zero-order valence-corrected chi connectivity index (χ0v) is 11.7.